The van der Waals surface area contributed by atoms with Crippen molar-refractivity contribution in [3.05, 3.63) is 67.0 Å². The molecule has 10 nitrogen and oxygen atoms in total. The fourth-order valence-corrected chi connectivity index (χ4v) is 11.3. The third-order valence-corrected chi connectivity index (χ3v) is 15.4. The Hall–Kier alpha value is -4.60. The fourth-order valence-electron chi connectivity index (χ4n) is 11.3. The van der Waals surface area contributed by atoms with E-state index in [1.54, 1.807) is 6.92 Å². The molecule has 356 valence electrons. The Kier molecular flexibility index (Phi) is 16.7. The minimum Gasteiger partial charge on any atom is -0.468 e. The first kappa shape index (κ1) is 49.8. The third-order valence-electron chi connectivity index (χ3n) is 15.4. The number of H-pyrrole nitrogens is 2. The topological polar surface area (TPSA) is 142 Å². The molecule has 0 saturated carbocycles. The first-order valence-corrected chi connectivity index (χ1v) is 25.1. The number of rotatable bonds is 21. The molecule has 0 amide bonds. The lowest BCUT2D eigenvalue weighted by Gasteiger charge is -2.25. The van der Waals surface area contributed by atoms with Gasteiger partial charge in [-0.1, -0.05) is 113 Å². The van der Waals surface area contributed by atoms with Crippen molar-refractivity contribution < 1.29 is 28.7 Å². The van der Waals surface area contributed by atoms with E-state index in [-0.39, 0.29) is 41.7 Å². The zero-order chi connectivity index (χ0) is 47.3. The number of methoxy groups -OCH3 is 1. The standard InChI is InChI=1S/C55H80N4O6/c1-13-39-34(7)41-29-46-48(38(11)60)36(9)43(57-46)27-42-35(8)40(52(58-42)50-51(55(63)64-12)54(62)49-37(10)44(59-53(49)50)28-45(39)56-41)23-24-47(61)65-26-25-33(6)22-16-21-32(5)20-15-19-31(4)18-14-17-30(2)3/h27-35,40,51-52,56-59H,13-26H2,1-12H3/b41-29-,42-27-,44-28-/t31-,32-,33?,34+,35-,40-,51+,52?/m0/s1. The summed E-state index contributed by atoms with van der Waals surface area (Å²) in [6.07, 6.45) is 20.1. The molecule has 2 unspecified atom stereocenters. The van der Waals surface area contributed by atoms with Crippen molar-refractivity contribution in [2.45, 2.75) is 166 Å². The van der Waals surface area contributed by atoms with E-state index in [9.17, 15) is 19.2 Å². The zero-order valence-corrected chi connectivity index (χ0v) is 41.8. The number of ketones is 2. The highest BCUT2D eigenvalue weighted by Crippen LogP contribution is 2.43. The van der Waals surface area contributed by atoms with Crippen LogP contribution in [0.2, 0.25) is 0 Å². The molecule has 8 bridgehead atoms. The molecule has 5 heterocycles. The lowest BCUT2D eigenvalue weighted by atomic mass is 9.80. The summed E-state index contributed by atoms with van der Waals surface area (Å²) in [6, 6.07) is -0.471. The van der Waals surface area contributed by atoms with Crippen LogP contribution in [-0.4, -0.2) is 53.2 Å². The summed E-state index contributed by atoms with van der Waals surface area (Å²) in [5.74, 6) is 0.361. The first-order valence-electron chi connectivity index (χ1n) is 25.1. The van der Waals surface area contributed by atoms with Crippen LogP contribution >= 0.6 is 0 Å². The van der Waals surface area contributed by atoms with Crippen molar-refractivity contribution in [2.24, 2.45) is 47.3 Å². The van der Waals surface area contributed by atoms with Gasteiger partial charge in [0.15, 0.2) is 11.6 Å². The molecule has 0 aromatic carbocycles. The summed E-state index contributed by atoms with van der Waals surface area (Å²) in [5.41, 5.74) is 9.00. The van der Waals surface area contributed by atoms with Gasteiger partial charge < -0.3 is 30.1 Å². The molecule has 3 aliphatic heterocycles. The van der Waals surface area contributed by atoms with Crippen molar-refractivity contribution in [2.75, 3.05) is 13.7 Å². The van der Waals surface area contributed by atoms with E-state index in [2.05, 4.69) is 94.2 Å². The number of hydrogen-bond acceptors (Lipinski definition) is 8. The third kappa shape index (κ3) is 11.2. The van der Waals surface area contributed by atoms with E-state index < -0.39 is 17.9 Å². The van der Waals surface area contributed by atoms with Gasteiger partial charge in [0.2, 0.25) is 0 Å². The number of nitrogens with one attached hydrogen (secondary N) is 4. The number of allylic oxidation sites excluding steroid dienone is 3. The smallest absolute Gasteiger partial charge is 0.320 e. The highest BCUT2D eigenvalue weighted by molar-refractivity contribution is 6.19. The van der Waals surface area contributed by atoms with Gasteiger partial charge in [-0.25, -0.2) is 0 Å². The molecule has 8 atom stereocenters. The summed E-state index contributed by atoms with van der Waals surface area (Å²) < 4.78 is 11.2. The summed E-state index contributed by atoms with van der Waals surface area (Å²) in [5, 5.41) is 8.84. The Labute approximate surface area is 389 Å². The Morgan fingerprint density at radius 3 is 2.00 bits per heavy atom. The molecule has 4 N–H and O–H groups in total. The number of hydrogen-bond donors (Lipinski definition) is 4. The van der Waals surface area contributed by atoms with E-state index in [0.29, 0.717) is 41.0 Å². The number of ether oxygens (including phenoxy) is 2. The largest absolute Gasteiger partial charge is 0.468 e. The fraction of sp³-hybridized carbons (Fsp3) is 0.636. The summed E-state index contributed by atoms with van der Waals surface area (Å²) >= 11 is 0. The van der Waals surface area contributed by atoms with Crippen molar-refractivity contribution in [1.29, 1.82) is 0 Å². The maximum absolute atomic E-state index is 14.4. The Bertz CT molecular complexity index is 2320. The maximum Gasteiger partial charge on any atom is 0.320 e. The number of fused-ring (bicyclic) bond motifs is 8. The van der Waals surface area contributed by atoms with Crippen LogP contribution in [0.15, 0.2) is 22.7 Å². The molecule has 1 fully saturated rings. The summed E-state index contributed by atoms with van der Waals surface area (Å²) in [7, 11) is 1.32. The van der Waals surface area contributed by atoms with Crippen LogP contribution in [0.4, 0.5) is 0 Å². The molecule has 1 aliphatic carbocycles. The Morgan fingerprint density at radius 2 is 1.40 bits per heavy atom. The van der Waals surface area contributed by atoms with Crippen LogP contribution in [-0.2, 0) is 19.1 Å². The zero-order valence-electron chi connectivity index (χ0n) is 41.8. The van der Waals surface area contributed by atoms with Crippen LogP contribution in [0, 0.1) is 61.2 Å². The van der Waals surface area contributed by atoms with Gasteiger partial charge in [0.05, 0.1) is 30.8 Å². The van der Waals surface area contributed by atoms with Crippen LogP contribution in [0.3, 0.4) is 0 Å². The predicted molar refractivity (Wildman–Crippen MR) is 262 cm³/mol. The van der Waals surface area contributed by atoms with Crippen molar-refractivity contribution in [3.63, 3.8) is 0 Å². The van der Waals surface area contributed by atoms with Crippen LogP contribution in [0.1, 0.15) is 189 Å². The number of esters is 2. The second-order valence-electron chi connectivity index (χ2n) is 20.8. The van der Waals surface area contributed by atoms with E-state index in [1.165, 1.54) is 64.0 Å². The molecule has 2 aromatic heterocycles. The SMILES string of the molecule is CCC1=C2/C=c3\[nH]c4c(c3C)C(=O)[C@H](C(=O)OC)C=4C3N/C(=C\c4[nH]c(c(C(C)=O)c4C)/C=C(\N2)[C@@H]1C)[C@@H](C)[C@@H]3CCC(=O)OCCC(C)CCC[C@@H](C)CCC[C@@H](C)CCCC(C)C. The predicted octanol–water partition coefficient (Wildman–Crippen LogP) is 10.4. The molecule has 65 heavy (non-hydrogen) atoms. The highest BCUT2D eigenvalue weighted by Gasteiger charge is 2.49. The lowest BCUT2D eigenvalue weighted by molar-refractivity contribution is -0.144. The van der Waals surface area contributed by atoms with E-state index in [1.807, 2.05) is 13.8 Å². The van der Waals surface area contributed by atoms with Gasteiger partial charge in [-0.15, -0.1) is 0 Å². The van der Waals surface area contributed by atoms with Gasteiger partial charge >= 0.3 is 11.9 Å². The lowest BCUT2D eigenvalue weighted by Crippen LogP contribution is -2.38. The van der Waals surface area contributed by atoms with Crippen LogP contribution in [0.5, 0.6) is 0 Å². The van der Waals surface area contributed by atoms with Crippen molar-refractivity contribution in [3.8, 4) is 0 Å². The second kappa shape index (κ2) is 21.8. The van der Waals surface area contributed by atoms with Gasteiger partial charge in [-0.2, -0.15) is 0 Å². The number of carbonyl (C=O) groups excluding carboxylic acids is 4. The number of aromatic amines is 2. The van der Waals surface area contributed by atoms with E-state index >= 15 is 0 Å². The minimum absolute atomic E-state index is 0.0266. The minimum atomic E-state index is -1.13. The van der Waals surface area contributed by atoms with Gasteiger partial charge in [0.1, 0.15) is 5.92 Å². The number of Topliss-reactive ketones (excluding diaryl/α,β-unsaturated/α-hetero) is 2. The Morgan fingerprint density at radius 1 is 0.785 bits per heavy atom. The van der Waals surface area contributed by atoms with Crippen LogP contribution < -0.4 is 21.3 Å². The maximum atomic E-state index is 14.4. The number of aromatic nitrogens is 2. The molecule has 0 spiro atoms. The van der Waals surface area contributed by atoms with Gasteiger partial charge in [0, 0.05) is 57.5 Å². The molecule has 6 rings (SSSR count). The highest BCUT2D eigenvalue weighted by atomic mass is 16.5. The van der Waals surface area contributed by atoms with Crippen molar-refractivity contribution >= 4 is 47.3 Å². The molecule has 0 radical (unpaired) electrons. The van der Waals surface area contributed by atoms with Gasteiger partial charge in [-0.3, -0.25) is 19.2 Å². The Balaban J connectivity index is 1.19. The molecule has 2 aromatic rings. The average Bonchev–Trinajstić information content (AvgIpc) is 4.00. The summed E-state index contributed by atoms with van der Waals surface area (Å²) in [6.45, 7) is 24.0. The monoisotopic (exact) mass is 893 g/mol. The quantitative estimate of drug-likeness (QED) is 0.0551. The first-order chi connectivity index (χ1) is 30.9. The molecule has 1 saturated heterocycles. The normalized spacial score (nSPS) is 24.7. The second-order valence-corrected chi connectivity index (χ2v) is 20.8. The molecular weight excluding hydrogens is 813 g/mol. The van der Waals surface area contributed by atoms with Crippen LogP contribution in [0.25, 0.3) is 23.8 Å². The molecule has 10 heteroatoms. The average molecular weight is 893 g/mol. The number of carbonyl (C=O) groups is 4. The molecular formula is C55H80N4O6. The van der Waals surface area contributed by atoms with Crippen molar-refractivity contribution in [1.82, 2.24) is 20.6 Å². The summed E-state index contributed by atoms with van der Waals surface area (Å²) in [4.78, 5) is 62.0. The van der Waals surface area contributed by atoms with E-state index in [4.69, 9.17) is 9.47 Å². The van der Waals surface area contributed by atoms with Gasteiger partial charge in [-0.05, 0) is 110 Å². The molecule has 4 aliphatic rings. The van der Waals surface area contributed by atoms with E-state index in [0.717, 1.165) is 82.0 Å². The van der Waals surface area contributed by atoms with Gasteiger partial charge in [0.25, 0.3) is 0 Å².